The number of nitrogens with zero attached hydrogens (tertiary/aromatic N) is 3. The lowest BCUT2D eigenvalue weighted by molar-refractivity contribution is 0.261. The largest absolute Gasteiger partial charge is 0.324 e. The van der Waals surface area contributed by atoms with Crippen molar-refractivity contribution in [3.05, 3.63) is 11.5 Å². The molecule has 1 aromatic rings. The lowest BCUT2D eigenvalue weighted by Gasteiger charge is -2.32. The molecule has 0 unspecified atom stereocenters. The Labute approximate surface area is 119 Å². The summed E-state index contributed by atoms with van der Waals surface area (Å²) in [4.78, 5) is 3.95. The van der Waals surface area contributed by atoms with Crippen LogP contribution in [0.4, 0.5) is 0 Å². The van der Waals surface area contributed by atoms with Crippen LogP contribution in [0.3, 0.4) is 0 Å². The Kier molecular flexibility index (Phi) is 4.53. The average molecular weight is 306 g/mol. The van der Waals surface area contributed by atoms with E-state index in [9.17, 15) is 8.42 Å². The molecular formula is C12H20ClN3O2S. The minimum absolute atomic E-state index is 0.0240. The van der Waals surface area contributed by atoms with E-state index in [1.54, 1.807) is 11.4 Å². The van der Waals surface area contributed by atoms with Crippen LogP contribution in [0.25, 0.3) is 0 Å². The first kappa shape index (κ1) is 14.8. The van der Waals surface area contributed by atoms with E-state index in [1.807, 2.05) is 6.92 Å². The highest BCUT2D eigenvalue weighted by molar-refractivity contribution is 7.89. The Morgan fingerprint density at radius 3 is 2.53 bits per heavy atom. The van der Waals surface area contributed by atoms with Gasteiger partial charge in [0.1, 0.15) is 5.15 Å². The van der Waals surface area contributed by atoms with Gasteiger partial charge in [0.15, 0.2) is 0 Å². The number of aromatic nitrogens is 2. The Morgan fingerprint density at radius 2 is 2.05 bits per heavy atom. The average Bonchev–Trinajstić information content (AvgIpc) is 2.72. The van der Waals surface area contributed by atoms with Gasteiger partial charge >= 0.3 is 0 Å². The van der Waals surface area contributed by atoms with Crippen LogP contribution in [0.1, 0.15) is 39.0 Å². The number of aryl methyl sites for hydroxylation is 1. The molecule has 1 saturated carbocycles. The van der Waals surface area contributed by atoms with Crippen LogP contribution < -0.4 is 0 Å². The maximum atomic E-state index is 12.7. The van der Waals surface area contributed by atoms with Crippen LogP contribution >= 0.6 is 11.6 Å². The molecule has 0 amide bonds. The number of halogens is 1. The molecule has 1 aliphatic carbocycles. The number of hydrogen-bond donors (Lipinski definition) is 0. The summed E-state index contributed by atoms with van der Waals surface area (Å²) in [6.45, 7) is 2.32. The molecule has 0 bridgehead atoms. The summed E-state index contributed by atoms with van der Waals surface area (Å²) in [5.74, 6) is 0. The van der Waals surface area contributed by atoms with Crippen LogP contribution in [0.5, 0.6) is 0 Å². The van der Waals surface area contributed by atoms with Crippen molar-refractivity contribution in [3.8, 4) is 0 Å². The Bertz CT molecular complexity index is 535. The molecule has 0 aliphatic heterocycles. The Balaban J connectivity index is 2.33. The van der Waals surface area contributed by atoms with Gasteiger partial charge < -0.3 is 4.57 Å². The molecule has 2 rings (SSSR count). The van der Waals surface area contributed by atoms with Crippen LogP contribution in [0.2, 0.25) is 5.15 Å². The number of hydrogen-bond acceptors (Lipinski definition) is 3. The fourth-order valence-electron chi connectivity index (χ4n) is 2.67. The normalized spacial score (nSPS) is 18.1. The summed E-state index contributed by atoms with van der Waals surface area (Å²) < 4.78 is 28.4. The monoisotopic (exact) mass is 305 g/mol. The third kappa shape index (κ3) is 2.80. The lowest BCUT2D eigenvalue weighted by atomic mass is 9.95. The molecule has 0 atom stereocenters. The maximum absolute atomic E-state index is 12.7. The predicted octanol–water partition coefficient (Wildman–Crippen LogP) is 2.42. The summed E-state index contributed by atoms with van der Waals surface area (Å²) in [6, 6.07) is 0.0850. The van der Waals surface area contributed by atoms with Gasteiger partial charge in [0.25, 0.3) is 10.0 Å². The fourth-order valence-corrected chi connectivity index (χ4v) is 4.76. The van der Waals surface area contributed by atoms with Crippen molar-refractivity contribution in [2.45, 2.75) is 50.1 Å². The molecule has 1 fully saturated rings. The molecular weight excluding hydrogens is 286 g/mol. The van der Waals surface area contributed by atoms with Gasteiger partial charge in [0, 0.05) is 19.6 Å². The molecule has 0 aromatic carbocycles. The molecule has 1 heterocycles. The molecule has 1 aliphatic rings. The smallest absolute Gasteiger partial charge is 0.263 e. The molecule has 7 heteroatoms. The Hall–Kier alpha value is -0.590. The second-order valence-electron chi connectivity index (χ2n) is 4.95. The minimum atomic E-state index is -3.59. The quantitative estimate of drug-likeness (QED) is 0.858. The van der Waals surface area contributed by atoms with Gasteiger partial charge in [-0.15, -0.1) is 0 Å². The van der Waals surface area contributed by atoms with E-state index in [0.29, 0.717) is 6.54 Å². The zero-order chi connectivity index (χ0) is 14.0. The third-order valence-corrected chi connectivity index (χ3v) is 6.20. The predicted molar refractivity (Wildman–Crippen MR) is 74.7 cm³/mol. The van der Waals surface area contributed by atoms with Crippen molar-refractivity contribution >= 4 is 21.6 Å². The first-order valence-corrected chi connectivity index (χ1v) is 8.49. The summed E-state index contributed by atoms with van der Waals surface area (Å²) in [7, 11) is -1.91. The summed E-state index contributed by atoms with van der Waals surface area (Å²) in [5, 5.41) is 0.151. The van der Waals surface area contributed by atoms with Crippen molar-refractivity contribution in [1.82, 2.24) is 13.9 Å². The van der Waals surface area contributed by atoms with Gasteiger partial charge in [-0.3, -0.25) is 0 Å². The van der Waals surface area contributed by atoms with Crippen LogP contribution in [-0.4, -0.2) is 34.9 Å². The highest BCUT2D eigenvalue weighted by atomic mass is 35.5. The number of sulfonamides is 1. The van der Waals surface area contributed by atoms with Gasteiger partial charge in [-0.25, -0.2) is 13.4 Å². The lowest BCUT2D eigenvalue weighted by Crippen LogP contribution is -2.41. The van der Waals surface area contributed by atoms with Gasteiger partial charge in [-0.05, 0) is 12.8 Å². The standard InChI is InChI=1S/C12H20ClN3O2S/c1-3-16(10-7-5-4-6-8-10)19(17,18)12-11(13)15(2)9-14-12/h9-10H,3-8H2,1-2H3. The maximum Gasteiger partial charge on any atom is 0.263 e. The van der Waals surface area contributed by atoms with Gasteiger partial charge in [0.05, 0.1) is 6.33 Å². The highest BCUT2D eigenvalue weighted by Crippen LogP contribution is 2.29. The highest BCUT2D eigenvalue weighted by Gasteiger charge is 2.34. The van der Waals surface area contributed by atoms with E-state index in [1.165, 1.54) is 17.3 Å². The molecule has 0 spiro atoms. The summed E-state index contributed by atoms with van der Waals surface area (Å²) in [5.41, 5.74) is 0. The van der Waals surface area contributed by atoms with E-state index in [0.717, 1.165) is 25.7 Å². The van der Waals surface area contributed by atoms with E-state index in [2.05, 4.69) is 4.98 Å². The summed E-state index contributed by atoms with van der Waals surface area (Å²) in [6.07, 6.45) is 6.66. The SMILES string of the molecule is CCN(C1CCCCC1)S(=O)(=O)c1ncn(C)c1Cl. The molecule has 19 heavy (non-hydrogen) atoms. The first-order valence-electron chi connectivity index (χ1n) is 6.67. The van der Waals surface area contributed by atoms with Crippen molar-refractivity contribution in [2.24, 2.45) is 7.05 Å². The zero-order valence-corrected chi connectivity index (χ0v) is 12.9. The zero-order valence-electron chi connectivity index (χ0n) is 11.3. The summed E-state index contributed by atoms with van der Waals surface area (Å²) >= 11 is 6.03. The van der Waals surface area contributed by atoms with Gasteiger partial charge in [0.2, 0.25) is 5.03 Å². The van der Waals surface area contributed by atoms with E-state index < -0.39 is 10.0 Å². The van der Waals surface area contributed by atoms with Crippen molar-refractivity contribution in [2.75, 3.05) is 6.54 Å². The molecule has 5 nitrogen and oxygen atoms in total. The van der Waals surface area contributed by atoms with Gasteiger partial charge in [-0.2, -0.15) is 4.31 Å². The van der Waals surface area contributed by atoms with Crippen LogP contribution in [-0.2, 0) is 17.1 Å². The van der Waals surface area contributed by atoms with Gasteiger partial charge in [-0.1, -0.05) is 37.8 Å². The number of rotatable bonds is 4. The first-order chi connectivity index (χ1) is 8.98. The van der Waals surface area contributed by atoms with Crippen molar-refractivity contribution in [1.29, 1.82) is 0 Å². The van der Waals surface area contributed by atoms with Crippen molar-refractivity contribution < 1.29 is 8.42 Å². The second kappa shape index (κ2) is 5.81. The topological polar surface area (TPSA) is 55.2 Å². The molecule has 0 saturated heterocycles. The van der Waals surface area contributed by atoms with E-state index in [-0.39, 0.29) is 16.2 Å². The fraction of sp³-hybridized carbons (Fsp3) is 0.750. The third-order valence-electron chi connectivity index (χ3n) is 3.68. The molecule has 0 radical (unpaired) electrons. The molecule has 0 N–H and O–H groups in total. The Morgan fingerprint density at radius 1 is 1.42 bits per heavy atom. The van der Waals surface area contributed by atoms with Crippen LogP contribution in [0.15, 0.2) is 11.4 Å². The van der Waals surface area contributed by atoms with Crippen LogP contribution in [0, 0.1) is 0 Å². The molecule has 1 aromatic heterocycles. The minimum Gasteiger partial charge on any atom is -0.324 e. The molecule has 108 valence electrons. The van der Waals surface area contributed by atoms with Crippen molar-refractivity contribution in [3.63, 3.8) is 0 Å². The number of imidazole rings is 1. The van der Waals surface area contributed by atoms with E-state index >= 15 is 0 Å². The van der Waals surface area contributed by atoms with E-state index in [4.69, 9.17) is 11.6 Å². The second-order valence-corrected chi connectivity index (χ2v) is 7.12.